The number of hydrogen-bond donors (Lipinski definition) is 1. The van der Waals surface area contributed by atoms with Gasteiger partial charge in [0.1, 0.15) is 12.1 Å². The number of aromatic amines is 1. The van der Waals surface area contributed by atoms with E-state index in [0.717, 1.165) is 53.6 Å². The van der Waals surface area contributed by atoms with Crippen molar-refractivity contribution in [3.8, 4) is 5.75 Å². The van der Waals surface area contributed by atoms with E-state index in [1.807, 2.05) is 41.3 Å². The van der Waals surface area contributed by atoms with E-state index in [9.17, 15) is 4.79 Å². The highest BCUT2D eigenvalue weighted by molar-refractivity contribution is 7.98. The normalized spacial score (nSPS) is 16.2. The lowest BCUT2D eigenvalue weighted by Gasteiger charge is -2.25. The molecule has 0 spiro atoms. The zero-order chi connectivity index (χ0) is 20.1. The minimum Gasteiger partial charge on any atom is -0.497 e. The molecule has 1 aliphatic heterocycles. The van der Waals surface area contributed by atoms with Crippen LogP contribution in [-0.2, 0) is 12.2 Å². The number of hydrogen-bond acceptors (Lipinski definition) is 5. The average molecular weight is 409 g/mol. The number of aromatic nitrogens is 3. The van der Waals surface area contributed by atoms with Gasteiger partial charge in [-0.1, -0.05) is 36.0 Å². The van der Waals surface area contributed by atoms with Crippen LogP contribution < -0.4 is 4.74 Å². The summed E-state index contributed by atoms with van der Waals surface area (Å²) < 4.78 is 5.33. The van der Waals surface area contributed by atoms with Crippen LogP contribution in [0, 0.1) is 0 Å². The predicted molar refractivity (Wildman–Crippen MR) is 113 cm³/mol. The molecule has 1 saturated heterocycles. The molecule has 1 atom stereocenters. The van der Waals surface area contributed by atoms with E-state index < -0.39 is 0 Å². The van der Waals surface area contributed by atoms with E-state index in [4.69, 9.17) is 4.74 Å². The summed E-state index contributed by atoms with van der Waals surface area (Å²) in [6.45, 7) is 0.816. The highest BCUT2D eigenvalue weighted by Crippen LogP contribution is 2.25. The molecule has 1 aliphatic rings. The molecular weight excluding hydrogens is 384 g/mol. The van der Waals surface area contributed by atoms with Crippen LogP contribution in [0.4, 0.5) is 0 Å². The van der Waals surface area contributed by atoms with Gasteiger partial charge in [-0.05, 0) is 54.7 Å². The molecule has 3 aromatic rings. The number of rotatable bonds is 7. The Morgan fingerprint density at radius 2 is 2.10 bits per heavy atom. The van der Waals surface area contributed by atoms with E-state index in [1.165, 1.54) is 11.9 Å². The molecule has 1 N–H and O–H groups in total. The first-order chi connectivity index (χ1) is 14.2. The number of thioether (sulfide) groups is 1. The number of nitrogens with zero attached hydrogens (tertiary/aromatic N) is 3. The smallest absolute Gasteiger partial charge is 0.254 e. The topological polar surface area (TPSA) is 71.1 Å². The number of likely N-dealkylation sites (tertiary alicyclic amines) is 1. The summed E-state index contributed by atoms with van der Waals surface area (Å²) in [5, 5.41) is 7.48. The third-order valence-corrected chi connectivity index (χ3v) is 6.16. The summed E-state index contributed by atoms with van der Waals surface area (Å²) >= 11 is 1.59. The average Bonchev–Trinajstić information content (AvgIpc) is 3.44. The molecule has 2 aromatic carbocycles. The molecule has 2 heterocycles. The van der Waals surface area contributed by atoms with Crippen molar-refractivity contribution in [1.29, 1.82) is 0 Å². The van der Waals surface area contributed by atoms with E-state index in [2.05, 4.69) is 27.3 Å². The van der Waals surface area contributed by atoms with E-state index >= 15 is 0 Å². The SMILES string of the molecule is COc1cccc(CC2CCCN2C(=O)c2ccc(CSc3ncn[nH]3)cc2)c1. The fourth-order valence-electron chi connectivity index (χ4n) is 3.71. The Morgan fingerprint density at radius 1 is 1.24 bits per heavy atom. The fourth-order valence-corrected chi connectivity index (χ4v) is 4.45. The second-order valence-corrected chi connectivity index (χ2v) is 8.09. The number of amides is 1. The number of carbonyl (C=O) groups excluding carboxylic acids is 1. The van der Waals surface area contributed by atoms with Gasteiger partial charge in [-0.15, -0.1) is 0 Å². The zero-order valence-corrected chi connectivity index (χ0v) is 17.2. The molecule has 6 nitrogen and oxygen atoms in total. The van der Waals surface area contributed by atoms with Crippen molar-refractivity contribution in [2.45, 2.75) is 36.2 Å². The van der Waals surface area contributed by atoms with Crippen molar-refractivity contribution in [3.63, 3.8) is 0 Å². The predicted octanol–water partition coefficient (Wildman–Crippen LogP) is 3.95. The van der Waals surface area contributed by atoms with Gasteiger partial charge < -0.3 is 9.64 Å². The van der Waals surface area contributed by atoms with Crippen LogP contribution in [0.1, 0.15) is 34.3 Å². The maximum Gasteiger partial charge on any atom is 0.254 e. The molecule has 0 aliphatic carbocycles. The molecule has 7 heteroatoms. The third-order valence-electron chi connectivity index (χ3n) is 5.21. The van der Waals surface area contributed by atoms with Crippen molar-refractivity contribution in [1.82, 2.24) is 20.1 Å². The molecule has 0 saturated carbocycles. The van der Waals surface area contributed by atoms with Crippen LogP contribution in [0.25, 0.3) is 0 Å². The fraction of sp³-hybridized carbons (Fsp3) is 0.318. The van der Waals surface area contributed by atoms with Crippen molar-refractivity contribution in [3.05, 3.63) is 71.5 Å². The van der Waals surface area contributed by atoms with E-state index in [1.54, 1.807) is 18.9 Å². The number of ether oxygens (including phenoxy) is 1. The van der Waals surface area contributed by atoms with Gasteiger partial charge in [0.05, 0.1) is 7.11 Å². The Kier molecular flexibility index (Phi) is 6.14. The van der Waals surface area contributed by atoms with Crippen LogP contribution in [0.5, 0.6) is 5.75 Å². The second kappa shape index (κ2) is 9.13. The monoisotopic (exact) mass is 408 g/mol. The van der Waals surface area contributed by atoms with Gasteiger partial charge in [-0.25, -0.2) is 4.98 Å². The van der Waals surface area contributed by atoms with Crippen LogP contribution in [0.15, 0.2) is 60.0 Å². The number of H-pyrrole nitrogens is 1. The Labute approximate surface area is 174 Å². The van der Waals surface area contributed by atoms with Gasteiger partial charge in [0, 0.05) is 23.9 Å². The third kappa shape index (κ3) is 4.79. The quantitative estimate of drug-likeness (QED) is 0.600. The molecule has 1 amide bonds. The van der Waals surface area contributed by atoms with Crippen molar-refractivity contribution < 1.29 is 9.53 Å². The largest absolute Gasteiger partial charge is 0.497 e. The lowest BCUT2D eigenvalue weighted by molar-refractivity contribution is 0.0736. The second-order valence-electron chi connectivity index (χ2n) is 7.13. The summed E-state index contributed by atoms with van der Waals surface area (Å²) in [5.74, 6) is 1.76. The maximum absolute atomic E-state index is 13.1. The van der Waals surface area contributed by atoms with Gasteiger partial charge in [0.25, 0.3) is 5.91 Å². The van der Waals surface area contributed by atoms with Crippen molar-refractivity contribution >= 4 is 17.7 Å². The van der Waals surface area contributed by atoms with Crippen LogP contribution in [-0.4, -0.2) is 45.7 Å². The number of carbonyl (C=O) groups is 1. The van der Waals surface area contributed by atoms with Crippen LogP contribution in [0.3, 0.4) is 0 Å². The first-order valence-electron chi connectivity index (χ1n) is 9.74. The standard InChI is InChI=1S/C22H24N4O2S/c1-28-20-6-2-4-17(13-20)12-19-5-3-11-26(19)21(27)18-9-7-16(8-10-18)14-29-22-23-15-24-25-22/h2,4,6-10,13,15,19H,3,5,11-12,14H2,1H3,(H,23,24,25). The van der Waals surface area contributed by atoms with Gasteiger partial charge in [0.15, 0.2) is 5.16 Å². The molecule has 1 aromatic heterocycles. The number of benzene rings is 2. The van der Waals surface area contributed by atoms with Crippen LogP contribution >= 0.6 is 11.8 Å². The van der Waals surface area contributed by atoms with E-state index in [0.29, 0.717) is 0 Å². The van der Waals surface area contributed by atoms with Crippen molar-refractivity contribution in [2.75, 3.05) is 13.7 Å². The highest BCUT2D eigenvalue weighted by Gasteiger charge is 2.29. The Morgan fingerprint density at radius 3 is 2.86 bits per heavy atom. The van der Waals surface area contributed by atoms with Gasteiger partial charge in [-0.2, -0.15) is 5.10 Å². The Hall–Kier alpha value is -2.80. The van der Waals surface area contributed by atoms with Crippen molar-refractivity contribution in [2.24, 2.45) is 0 Å². The highest BCUT2D eigenvalue weighted by atomic mass is 32.2. The molecule has 1 fully saturated rings. The minimum absolute atomic E-state index is 0.116. The van der Waals surface area contributed by atoms with E-state index in [-0.39, 0.29) is 11.9 Å². The molecule has 0 bridgehead atoms. The maximum atomic E-state index is 13.1. The van der Waals surface area contributed by atoms with Gasteiger partial charge in [-0.3, -0.25) is 9.89 Å². The molecular formula is C22H24N4O2S. The Bertz CT molecular complexity index is 944. The molecule has 0 radical (unpaired) electrons. The first kappa shape index (κ1) is 19.5. The van der Waals surface area contributed by atoms with Crippen LogP contribution in [0.2, 0.25) is 0 Å². The Balaban J connectivity index is 1.39. The molecule has 29 heavy (non-hydrogen) atoms. The number of methoxy groups -OCH3 is 1. The molecule has 150 valence electrons. The zero-order valence-electron chi connectivity index (χ0n) is 16.4. The molecule has 1 unspecified atom stereocenters. The summed E-state index contributed by atoms with van der Waals surface area (Å²) in [4.78, 5) is 19.2. The number of nitrogens with one attached hydrogen (secondary N) is 1. The summed E-state index contributed by atoms with van der Waals surface area (Å²) in [7, 11) is 1.68. The minimum atomic E-state index is 0.116. The summed E-state index contributed by atoms with van der Waals surface area (Å²) in [5.41, 5.74) is 3.10. The van der Waals surface area contributed by atoms with Gasteiger partial charge >= 0.3 is 0 Å². The summed E-state index contributed by atoms with van der Waals surface area (Å²) in [6, 6.07) is 16.2. The summed E-state index contributed by atoms with van der Waals surface area (Å²) in [6.07, 6.45) is 4.44. The lowest BCUT2D eigenvalue weighted by atomic mass is 10.0. The van der Waals surface area contributed by atoms with Gasteiger partial charge in [0.2, 0.25) is 0 Å². The molecule has 4 rings (SSSR count). The first-order valence-corrected chi connectivity index (χ1v) is 10.7. The lowest BCUT2D eigenvalue weighted by Crippen LogP contribution is -2.36.